The van der Waals surface area contributed by atoms with Crippen molar-refractivity contribution in [1.29, 1.82) is 0 Å². The molecule has 7 aromatic rings. The number of aryl methyl sites for hydroxylation is 1. The van der Waals surface area contributed by atoms with Gasteiger partial charge in [0.2, 0.25) is 15.9 Å². The lowest BCUT2D eigenvalue weighted by atomic mass is 10.0. The molecule has 0 radical (unpaired) electrons. The van der Waals surface area contributed by atoms with Crippen LogP contribution in [-0.2, 0) is 50.6 Å². The summed E-state index contributed by atoms with van der Waals surface area (Å²) in [6.07, 6.45) is -0.652. The van der Waals surface area contributed by atoms with Gasteiger partial charge < -0.3 is 5.32 Å². The van der Waals surface area contributed by atoms with Gasteiger partial charge in [0.25, 0.3) is 17.9 Å². The number of aromatic nitrogens is 7. The van der Waals surface area contributed by atoms with E-state index in [9.17, 15) is 39.2 Å². The topological polar surface area (TPSA) is 193 Å². The first-order chi connectivity index (χ1) is 30.5. The van der Waals surface area contributed by atoms with Crippen molar-refractivity contribution in [2.75, 3.05) is 17.2 Å². The van der Waals surface area contributed by atoms with Crippen LogP contribution >= 0.6 is 11.6 Å². The van der Waals surface area contributed by atoms with Gasteiger partial charge in [-0.25, -0.2) is 39.4 Å². The van der Waals surface area contributed by atoms with E-state index < -0.39 is 97.5 Å². The third-order valence-corrected chi connectivity index (χ3v) is 13.2. The third-order valence-electron chi connectivity index (χ3n) is 11.3. The van der Waals surface area contributed by atoms with Gasteiger partial charge >= 0.3 is 0 Å². The van der Waals surface area contributed by atoms with Crippen LogP contribution in [0, 0.1) is 17.6 Å². The van der Waals surface area contributed by atoms with E-state index in [2.05, 4.69) is 25.2 Å². The highest BCUT2D eigenvalue weighted by Crippen LogP contribution is 2.68. The number of hydrogen-bond acceptors (Lipinski definition) is 10. The monoisotopic (exact) mass is 959 g/mol. The number of pyridine rings is 1. The molecule has 1 amide bonds. The zero-order chi connectivity index (χ0) is 46.7. The lowest BCUT2D eigenvalue weighted by Gasteiger charge is -2.24. The predicted molar refractivity (Wildman–Crippen MR) is 224 cm³/mol. The number of hydrogen-bond donors (Lipinski definition) is 2. The summed E-state index contributed by atoms with van der Waals surface area (Å²) in [5, 5.41) is 10.6. The van der Waals surface area contributed by atoms with Gasteiger partial charge in [-0.1, -0.05) is 17.7 Å². The molecule has 0 aliphatic heterocycles. The molecule has 1 fully saturated rings. The SMILES string of the molecule is Cn1nc(NS(C)(=O)=O)c2c(Cl)ccc(-n3c([C@H](Cc4cc(F)cc(F)c4)NC(=O)Cn4nc(C(F)F)c5c4C(F)(F)[C@@H]4C[C@H]54)nc4cc(-c5cc(S(C)(=O)=O)ccn5)ccc4c3=O)c21. The number of alkyl halides is 4. The summed E-state index contributed by atoms with van der Waals surface area (Å²) in [4.78, 5) is 38.3. The van der Waals surface area contributed by atoms with Crippen molar-refractivity contribution < 1.29 is 48.0 Å². The van der Waals surface area contributed by atoms with Crippen LogP contribution in [0.2, 0.25) is 5.02 Å². The van der Waals surface area contributed by atoms with Crippen molar-refractivity contribution in [1.82, 2.24) is 39.4 Å². The fraction of sp³-hybridized carbons (Fsp3) is 0.268. The molecular formula is C41H32ClF6N9O6S2. The van der Waals surface area contributed by atoms with Crippen LogP contribution in [-0.4, -0.2) is 69.4 Å². The maximum absolute atomic E-state index is 15.6. The highest BCUT2D eigenvalue weighted by atomic mass is 35.5. The number of rotatable bonds is 12. The first kappa shape index (κ1) is 43.9. The number of halogens is 7. The van der Waals surface area contributed by atoms with Crippen molar-refractivity contribution in [2.24, 2.45) is 13.0 Å². The molecule has 2 aliphatic carbocycles. The number of amides is 1. The van der Waals surface area contributed by atoms with Gasteiger partial charge in [0, 0.05) is 49.0 Å². The summed E-state index contributed by atoms with van der Waals surface area (Å²) in [5.74, 6) is -9.39. The molecule has 4 heterocycles. The average Bonchev–Trinajstić information content (AvgIpc) is 3.75. The molecule has 0 bridgehead atoms. The smallest absolute Gasteiger partial charge is 0.293 e. The van der Waals surface area contributed by atoms with Crippen molar-refractivity contribution in [3.63, 3.8) is 0 Å². The fourth-order valence-electron chi connectivity index (χ4n) is 8.54. The van der Waals surface area contributed by atoms with Gasteiger partial charge in [0.1, 0.15) is 35.4 Å². The maximum atomic E-state index is 15.6. The summed E-state index contributed by atoms with van der Waals surface area (Å²) in [5.41, 5.74) is -2.55. The minimum absolute atomic E-state index is 0.00994. The van der Waals surface area contributed by atoms with Crippen molar-refractivity contribution in [2.45, 2.75) is 48.6 Å². The Morgan fingerprint density at radius 2 is 1.71 bits per heavy atom. The molecule has 1 saturated carbocycles. The molecule has 338 valence electrons. The zero-order valence-corrected chi connectivity index (χ0v) is 36.2. The number of sulfonamides is 1. The Labute approximate surface area is 369 Å². The molecule has 3 aromatic carbocycles. The molecule has 0 saturated heterocycles. The third kappa shape index (κ3) is 7.87. The summed E-state index contributed by atoms with van der Waals surface area (Å²) in [7, 11) is -6.23. The van der Waals surface area contributed by atoms with Crippen LogP contribution in [0.15, 0.2) is 76.6 Å². The van der Waals surface area contributed by atoms with Crippen LogP contribution < -0.4 is 15.6 Å². The second-order valence-electron chi connectivity index (χ2n) is 15.9. The Morgan fingerprint density at radius 1 is 0.985 bits per heavy atom. The van der Waals surface area contributed by atoms with Gasteiger partial charge in [-0.05, 0) is 66.4 Å². The van der Waals surface area contributed by atoms with Crippen LogP contribution in [0.3, 0.4) is 0 Å². The summed E-state index contributed by atoms with van der Waals surface area (Å²) < 4.78 is 144. The van der Waals surface area contributed by atoms with E-state index in [-0.39, 0.29) is 77.9 Å². The molecule has 9 rings (SSSR count). The highest BCUT2D eigenvalue weighted by Gasteiger charge is 2.67. The average molecular weight is 960 g/mol. The fourth-order valence-corrected chi connectivity index (χ4v) is 9.91. The van der Waals surface area contributed by atoms with E-state index in [4.69, 9.17) is 16.6 Å². The predicted octanol–water partition coefficient (Wildman–Crippen LogP) is 6.48. The Kier molecular flexibility index (Phi) is 10.4. The molecule has 0 spiro atoms. The summed E-state index contributed by atoms with van der Waals surface area (Å²) >= 11 is 6.62. The number of fused-ring (bicyclic) bond motifs is 5. The molecule has 2 N–H and O–H groups in total. The van der Waals surface area contributed by atoms with E-state index in [1.807, 2.05) is 0 Å². The van der Waals surface area contributed by atoms with Gasteiger partial charge in [-0.2, -0.15) is 19.0 Å². The molecule has 65 heavy (non-hydrogen) atoms. The van der Waals surface area contributed by atoms with Crippen LogP contribution in [0.1, 0.15) is 53.1 Å². The van der Waals surface area contributed by atoms with Gasteiger partial charge in [0.05, 0.1) is 55.4 Å². The summed E-state index contributed by atoms with van der Waals surface area (Å²) in [6.45, 7) is -1.03. The van der Waals surface area contributed by atoms with E-state index in [0.717, 1.165) is 29.2 Å². The maximum Gasteiger partial charge on any atom is 0.293 e. The summed E-state index contributed by atoms with van der Waals surface area (Å²) in [6, 6.07) is 10.4. The Bertz CT molecular complexity index is 3450. The number of nitrogens with one attached hydrogen (secondary N) is 2. The van der Waals surface area contributed by atoms with Crippen LogP contribution in [0.4, 0.5) is 32.2 Å². The lowest BCUT2D eigenvalue weighted by Crippen LogP contribution is -2.38. The van der Waals surface area contributed by atoms with Gasteiger partial charge in [-0.15, -0.1) is 0 Å². The van der Waals surface area contributed by atoms with Crippen LogP contribution in [0.25, 0.3) is 38.8 Å². The second-order valence-corrected chi connectivity index (χ2v) is 20.1. The first-order valence-electron chi connectivity index (χ1n) is 19.4. The van der Waals surface area contributed by atoms with Crippen LogP contribution in [0.5, 0.6) is 0 Å². The Hall–Kier alpha value is -6.33. The van der Waals surface area contributed by atoms with E-state index >= 15 is 13.6 Å². The number of benzene rings is 3. The largest absolute Gasteiger partial charge is 0.344 e. The van der Waals surface area contributed by atoms with Gasteiger partial charge in [0.15, 0.2) is 15.7 Å². The highest BCUT2D eigenvalue weighted by molar-refractivity contribution is 7.92. The normalized spacial score (nSPS) is 17.1. The standard InChI is InChI=1S/C41H32ClF6N9O6S2/c1-55-35-30(7-6-26(42)33(35)38(53-55)54-65(3,62)63)57-39(51-28-13-19(4-5-23(28)40(57)59)27-15-22(8-9-49-27)64(2,60)61)29(12-18-10-20(43)14-21(44)11-18)50-31(58)17-56-36-32(34(52-56)37(45)46)24-16-25(24)41(36,47)48/h4-11,13-15,24-25,29,37H,12,16-17H2,1-3H3,(H,50,58)(H,53,54)/t24-,25+,29-/m0/s1. The quantitative estimate of drug-likeness (QED) is 0.128. The van der Waals surface area contributed by atoms with E-state index in [1.165, 1.54) is 60.4 Å². The first-order valence-corrected chi connectivity index (χ1v) is 23.5. The minimum atomic E-state index is -3.95. The molecule has 4 aromatic heterocycles. The lowest BCUT2D eigenvalue weighted by molar-refractivity contribution is -0.123. The zero-order valence-electron chi connectivity index (χ0n) is 33.8. The number of carbonyl (C=O) groups excluding carboxylic acids is 1. The molecule has 2 aliphatic rings. The van der Waals surface area contributed by atoms with E-state index in [1.54, 1.807) is 0 Å². The molecule has 24 heteroatoms. The van der Waals surface area contributed by atoms with Crippen molar-refractivity contribution in [3.05, 3.63) is 122 Å². The molecule has 15 nitrogen and oxygen atoms in total. The Balaban J connectivity index is 1.27. The van der Waals surface area contributed by atoms with E-state index in [0.29, 0.717) is 10.7 Å². The molecule has 3 atom stereocenters. The Morgan fingerprint density at radius 3 is 2.38 bits per heavy atom. The van der Waals surface area contributed by atoms with Gasteiger partial charge in [-0.3, -0.25) is 33.2 Å². The molecular weight excluding hydrogens is 928 g/mol. The number of nitrogens with zero attached hydrogens (tertiary/aromatic N) is 7. The minimum Gasteiger partial charge on any atom is -0.344 e. The number of anilines is 1. The molecule has 0 unspecified atom stereocenters. The number of carbonyl (C=O) groups is 1. The second kappa shape index (κ2) is 15.4. The van der Waals surface area contributed by atoms with Crippen molar-refractivity contribution in [3.8, 4) is 16.9 Å². The van der Waals surface area contributed by atoms with Crippen molar-refractivity contribution >= 4 is 65.0 Å². The number of sulfone groups is 1.